The second-order valence-electron chi connectivity index (χ2n) is 1.82. The van der Waals surface area contributed by atoms with Crippen LogP contribution < -0.4 is 0 Å². The number of rotatable bonds is 2. The molecule has 0 aromatic rings. The summed E-state index contributed by atoms with van der Waals surface area (Å²) in [6.07, 6.45) is 0. The molecule has 0 aliphatic heterocycles. The maximum absolute atomic E-state index is 10.7. The first-order valence-electron chi connectivity index (χ1n) is 2.28. The first-order valence-corrected chi connectivity index (χ1v) is 5.52. The van der Waals surface area contributed by atoms with Gasteiger partial charge in [-0.2, -0.15) is 0 Å². The van der Waals surface area contributed by atoms with Crippen LogP contribution >= 0.6 is 22.6 Å². The van der Waals surface area contributed by atoms with E-state index >= 15 is 0 Å². The van der Waals surface area contributed by atoms with Gasteiger partial charge in [-0.3, -0.25) is 0 Å². The fourth-order valence-electron chi connectivity index (χ4n) is 0.126. The van der Waals surface area contributed by atoms with Crippen molar-refractivity contribution >= 4 is 32.4 Å². The van der Waals surface area contributed by atoms with E-state index in [9.17, 15) is 8.42 Å². The molecule has 0 aliphatic carbocycles. The van der Waals surface area contributed by atoms with Gasteiger partial charge in [0.2, 0.25) is 0 Å². The Bertz CT molecular complexity index is 147. The molecule has 8 heavy (non-hydrogen) atoms. The van der Waals surface area contributed by atoms with Gasteiger partial charge in [0.15, 0.2) is 9.84 Å². The van der Waals surface area contributed by atoms with Crippen molar-refractivity contribution in [2.75, 3.05) is 3.76 Å². The van der Waals surface area contributed by atoms with Gasteiger partial charge in [0.1, 0.15) is 3.76 Å². The van der Waals surface area contributed by atoms with Gasteiger partial charge >= 0.3 is 0 Å². The monoisotopic (exact) mass is 248 g/mol. The number of hydrogen-bond donors (Lipinski definition) is 0. The van der Waals surface area contributed by atoms with Gasteiger partial charge in [0.05, 0.1) is 5.25 Å². The van der Waals surface area contributed by atoms with Crippen molar-refractivity contribution in [3.05, 3.63) is 0 Å². The molecule has 0 N–H and O–H groups in total. The number of alkyl halides is 1. The van der Waals surface area contributed by atoms with E-state index in [4.69, 9.17) is 0 Å². The molecule has 0 radical (unpaired) electrons. The van der Waals surface area contributed by atoms with Crippen LogP contribution in [0.2, 0.25) is 0 Å². The van der Waals surface area contributed by atoms with Crippen molar-refractivity contribution in [1.29, 1.82) is 0 Å². The molecule has 2 nitrogen and oxygen atoms in total. The highest BCUT2D eigenvalue weighted by atomic mass is 127. The lowest BCUT2D eigenvalue weighted by Crippen LogP contribution is -2.13. The van der Waals surface area contributed by atoms with Gasteiger partial charge in [0, 0.05) is 0 Å². The van der Waals surface area contributed by atoms with Crippen LogP contribution in [0.3, 0.4) is 0 Å². The minimum absolute atomic E-state index is 0.223. The molecule has 50 valence electrons. The van der Waals surface area contributed by atoms with Gasteiger partial charge < -0.3 is 0 Å². The Hall–Kier alpha value is 0.680. The molecule has 0 bridgehead atoms. The van der Waals surface area contributed by atoms with Crippen LogP contribution in [-0.2, 0) is 9.84 Å². The third-order valence-corrected chi connectivity index (χ3v) is 5.22. The second kappa shape index (κ2) is 3.00. The Morgan fingerprint density at radius 2 is 1.88 bits per heavy atom. The molecule has 0 saturated carbocycles. The van der Waals surface area contributed by atoms with E-state index in [1.807, 2.05) is 22.6 Å². The molecule has 0 saturated heterocycles. The molecular formula is C4H9IO2S. The highest BCUT2D eigenvalue weighted by Crippen LogP contribution is 2.03. The highest BCUT2D eigenvalue weighted by molar-refractivity contribution is 14.1. The highest BCUT2D eigenvalue weighted by Gasteiger charge is 2.12. The fourth-order valence-corrected chi connectivity index (χ4v) is 2.54. The lowest BCUT2D eigenvalue weighted by molar-refractivity contribution is 0.593. The minimum atomic E-state index is -2.75. The molecule has 0 amide bonds. The predicted octanol–water partition coefficient (Wildman–Crippen LogP) is 1.20. The zero-order valence-electron chi connectivity index (χ0n) is 4.89. The Morgan fingerprint density at radius 3 is 1.88 bits per heavy atom. The topological polar surface area (TPSA) is 34.1 Å². The standard InChI is InChI=1S/C4H9IO2S/c1-4(2)8(6,7)3-5/h4H,3H2,1-2H3. The van der Waals surface area contributed by atoms with Gasteiger partial charge in [-0.1, -0.05) is 22.6 Å². The molecule has 0 rings (SSSR count). The first-order chi connectivity index (χ1) is 3.50. The molecular weight excluding hydrogens is 239 g/mol. The van der Waals surface area contributed by atoms with Crippen molar-refractivity contribution in [3.63, 3.8) is 0 Å². The smallest absolute Gasteiger partial charge is 0.161 e. The molecule has 0 fully saturated rings. The van der Waals surface area contributed by atoms with E-state index < -0.39 is 9.84 Å². The van der Waals surface area contributed by atoms with E-state index in [0.717, 1.165) is 0 Å². The Balaban J connectivity index is 4.17. The average Bonchev–Trinajstić information content (AvgIpc) is 1.67. The number of halogens is 1. The van der Waals surface area contributed by atoms with Crippen molar-refractivity contribution in [1.82, 2.24) is 0 Å². The van der Waals surface area contributed by atoms with Gasteiger partial charge in [-0.15, -0.1) is 0 Å². The molecule has 4 heteroatoms. The van der Waals surface area contributed by atoms with Crippen LogP contribution in [0.1, 0.15) is 13.8 Å². The lowest BCUT2D eigenvalue weighted by atomic mass is 10.6. The van der Waals surface area contributed by atoms with Crippen LogP contribution in [0.5, 0.6) is 0 Å². The molecule has 0 aliphatic rings. The molecule has 0 heterocycles. The SMILES string of the molecule is CC(C)S(=O)(=O)CI. The third kappa shape index (κ3) is 2.30. The van der Waals surface area contributed by atoms with Crippen LogP contribution in [0.25, 0.3) is 0 Å². The number of sulfone groups is 1. The predicted molar refractivity (Wildman–Crippen MR) is 42.9 cm³/mol. The first kappa shape index (κ1) is 8.68. The summed E-state index contributed by atoms with van der Waals surface area (Å²) in [6.45, 7) is 3.38. The minimum Gasteiger partial charge on any atom is -0.228 e. The summed E-state index contributed by atoms with van der Waals surface area (Å²) >= 11 is 1.86. The average molecular weight is 248 g/mol. The van der Waals surface area contributed by atoms with Gasteiger partial charge in [-0.05, 0) is 13.8 Å². The van der Waals surface area contributed by atoms with E-state index in [1.165, 1.54) is 0 Å². The Labute approximate surface area is 63.7 Å². The number of hydrogen-bond acceptors (Lipinski definition) is 2. The Kier molecular flexibility index (Phi) is 3.26. The van der Waals surface area contributed by atoms with E-state index in [0.29, 0.717) is 0 Å². The van der Waals surface area contributed by atoms with E-state index in [-0.39, 0.29) is 9.01 Å². The van der Waals surface area contributed by atoms with Crippen LogP contribution in [0.4, 0.5) is 0 Å². The van der Waals surface area contributed by atoms with Crippen molar-refractivity contribution in [2.45, 2.75) is 19.1 Å². The molecule has 0 atom stereocenters. The second-order valence-corrected chi connectivity index (χ2v) is 6.18. The van der Waals surface area contributed by atoms with Gasteiger partial charge in [0.25, 0.3) is 0 Å². The quantitative estimate of drug-likeness (QED) is 0.543. The fraction of sp³-hybridized carbons (Fsp3) is 1.00. The van der Waals surface area contributed by atoms with Crippen LogP contribution in [0.15, 0.2) is 0 Å². The maximum atomic E-state index is 10.7. The summed E-state index contributed by atoms with van der Waals surface area (Å²) in [5.74, 6) is 0. The summed E-state index contributed by atoms with van der Waals surface area (Å²) in [4.78, 5) is 0. The van der Waals surface area contributed by atoms with Crippen molar-refractivity contribution in [2.24, 2.45) is 0 Å². The van der Waals surface area contributed by atoms with Crippen LogP contribution in [0, 0.1) is 0 Å². The van der Waals surface area contributed by atoms with Gasteiger partial charge in [-0.25, -0.2) is 8.42 Å². The Morgan fingerprint density at radius 1 is 1.50 bits per heavy atom. The van der Waals surface area contributed by atoms with Crippen molar-refractivity contribution < 1.29 is 8.42 Å². The van der Waals surface area contributed by atoms with E-state index in [1.54, 1.807) is 13.8 Å². The van der Waals surface area contributed by atoms with Crippen molar-refractivity contribution in [3.8, 4) is 0 Å². The largest absolute Gasteiger partial charge is 0.228 e. The third-order valence-electron chi connectivity index (χ3n) is 0.870. The molecule has 0 aromatic heterocycles. The summed E-state index contributed by atoms with van der Waals surface area (Å²) in [5.41, 5.74) is 0. The zero-order chi connectivity index (χ0) is 6.78. The molecule has 0 aromatic carbocycles. The van der Waals surface area contributed by atoms with Crippen LogP contribution in [-0.4, -0.2) is 17.4 Å². The summed E-state index contributed by atoms with van der Waals surface area (Å²) in [5, 5.41) is -0.223. The normalized spacial score (nSPS) is 12.5. The van der Waals surface area contributed by atoms with E-state index in [2.05, 4.69) is 0 Å². The summed E-state index contributed by atoms with van der Waals surface area (Å²) in [7, 11) is -2.75. The maximum Gasteiger partial charge on any atom is 0.161 e. The lowest BCUT2D eigenvalue weighted by Gasteiger charge is -2.00. The molecule has 0 unspecified atom stereocenters. The zero-order valence-corrected chi connectivity index (χ0v) is 7.86. The summed E-state index contributed by atoms with van der Waals surface area (Å²) in [6, 6.07) is 0. The molecule has 0 spiro atoms. The summed E-state index contributed by atoms with van der Waals surface area (Å²) < 4.78 is 21.6.